The van der Waals surface area contributed by atoms with Gasteiger partial charge in [0.25, 0.3) is 5.91 Å². The van der Waals surface area contributed by atoms with Crippen LogP contribution in [-0.2, 0) is 0 Å². The molecular formula is C16H12BrCl2NO4. The van der Waals surface area contributed by atoms with E-state index in [1.807, 2.05) is 6.92 Å². The molecule has 0 aliphatic heterocycles. The third-order valence-electron chi connectivity index (χ3n) is 3.03. The average Bonchev–Trinajstić information content (AvgIpc) is 2.51. The SMILES string of the molecule is CCOc1ccc(C(=O)Nc2cc(C(=O)O)c(Cl)cc2Cl)cc1Br. The van der Waals surface area contributed by atoms with Crippen molar-refractivity contribution in [1.29, 1.82) is 0 Å². The van der Waals surface area contributed by atoms with E-state index in [2.05, 4.69) is 21.2 Å². The van der Waals surface area contributed by atoms with E-state index in [9.17, 15) is 9.59 Å². The van der Waals surface area contributed by atoms with Crippen molar-refractivity contribution >= 4 is 56.7 Å². The van der Waals surface area contributed by atoms with Crippen LogP contribution in [0, 0.1) is 0 Å². The van der Waals surface area contributed by atoms with E-state index in [4.69, 9.17) is 33.0 Å². The quantitative estimate of drug-likeness (QED) is 0.688. The molecule has 2 rings (SSSR count). The molecule has 126 valence electrons. The Balaban J connectivity index is 2.28. The van der Waals surface area contributed by atoms with Crippen molar-refractivity contribution in [2.45, 2.75) is 6.92 Å². The molecule has 8 heteroatoms. The summed E-state index contributed by atoms with van der Waals surface area (Å²) in [5, 5.41) is 11.8. The summed E-state index contributed by atoms with van der Waals surface area (Å²) in [6, 6.07) is 7.34. The minimum Gasteiger partial charge on any atom is -0.493 e. The van der Waals surface area contributed by atoms with E-state index < -0.39 is 11.9 Å². The van der Waals surface area contributed by atoms with Gasteiger partial charge >= 0.3 is 5.97 Å². The van der Waals surface area contributed by atoms with E-state index in [-0.39, 0.29) is 21.3 Å². The van der Waals surface area contributed by atoms with Gasteiger partial charge in [0.05, 0.1) is 32.4 Å². The molecule has 0 fully saturated rings. The molecule has 0 aromatic heterocycles. The predicted molar refractivity (Wildman–Crippen MR) is 96.7 cm³/mol. The van der Waals surface area contributed by atoms with Crippen LogP contribution in [0.1, 0.15) is 27.6 Å². The molecule has 2 aromatic rings. The number of amides is 1. The third kappa shape index (κ3) is 4.20. The summed E-state index contributed by atoms with van der Waals surface area (Å²) in [6.07, 6.45) is 0. The Hall–Kier alpha value is -1.76. The molecule has 0 unspecified atom stereocenters. The molecule has 0 aliphatic rings. The first-order valence-electron chi connectivity index (χ1n) is 6.79. The fourth-order valence-electron chi connectivity index (χ4n) is 1.92. The van der Waals surface area contributed by atoms with Gasteiger partial charge in [-0.15, -0.1) is 0 Å². The molecule has 2 N–H and O–H groups in total. The summed E-state index contributed by atoms with van der Waals surface area (Å²) in [6.45, 7) is 2.36. The zero-order valence-electron chi connectivity index (χ0n) is 12.4. The van der Waals surface area contributed by atoms with E-state index in [1.165, 1.54) is 12.1 Å². The van der Waals surface area contributed by atoms with Gasteiger partial charge in [-0.2, -0.15) is 0 Å². The van der Waals surface area contributed by atoms with Gasteiger partial charge in [0.2, 0.25) is 0 Å². The van der Waals surface area contributed by atoms with Crippen LogP contribution < -0.4 is 10.1 Å². The minimum atomic E-state index is -1.21. The van der Waals surface area contributed by atoms with Gasteiger partial charge in [-0.05, 0) is 53.2 Å². The standard InChI is InChI=1S/C16H12BrCl2NO4/c1-2-24-14-4-3-8(5-10(14)17)15(21)20-13-6-9(16(22)23)11(18)7-12(13)19/h3-7H,2H2,1H3,(H,20,21)(H,22,23). The summed E-state index contributed by atoms with van der Waals surface area (Å²) in [4.78, 5) is 23.5. The molecule has 0 aliphatic carbocycles. The van der Waals surface area contributed by atoms with E-state index in [0.29, 0.717) is 22.4 Å². The number of ether oxygens (including phenoxy) is 1. The second-order valence-corrected chi connectivity index (χ2v) is 6.32. The topological polar surface area (TPSA) is 75.6 Å². The predicted octanol–water partition coefficient (Wildman–Crippen LogP) is 5.11. The van der Waals surface area contributed by atoms with Crippen LogP contribution in [0.3, 0.4) is 0 Å². The highest BCUT2D eigenvalue weighted by molar-refractivity contribution is 9.10. The van der Waals surface area contributed by atoms with Crippen molar-refractivity contribution in [3.05, 3.63) is 56.0 Å². The van der Waals surface area contributed by atoms with Gasteiger partial charge in [-0.25, -0.2) is 4.79 Å². The fraction of sp³-hybridized carbons (Fsp3) is 0.125. The van der Waals surface area contributed by atoms with Gasteiger partial charge in [0.15, 0.2) is 0 Å². The maximum absolute atomic E-state index is 12.3. The molecule has 0 spiro atoms. The molecule has 0 atom stereocenters. The van der Waals surface area contributed by atoms with Crippen LogP contribution in [0.4, 0.5) is 5.69 Å². The highest BCUT2D eigenvalue weighted by Crippen LogP contribution is 2.30. The second-order valence-electron chi connectivity index (χ2n) is 4.65. The Kier molecular flexibility index (Phi) is 6.10. The molecule has 1 amide bonds. The summed E-state index contributed by atoms with van der Waals surface area (Å²) in [5.41, 5.74) is 0.367. The largest absolute Gasteiger partial charge is 0.493 e. The van der Waals surface area contributed by atoms with Gasteiger partial charge in [-0.1, -0.05) is 23.2 Å². The molecule has 0 saturated carbocycles. The van der Waals surface area contributed by atoms with Gasteiger partial charge in [0, 0.05) is 5.56 Å². The number of anilines is 1. The van der Waals surface area contributed by atoms with Crippen molar-refractivity contribution in [1.82, 2.24) is 0 Å². The molecule has 0 saturated heterocycles. The summed E-state index contributed by atoms with van der Waals surface area (Å²) in [5.74, 6) is -1.04. The zero-order chi connectivity index (χ0) is 17.9. The lowest BCUT2D eigenvalue weighted by molar-refractivity contribution is 0.0696. The first-order chi connectivity index (χ1) is 11.3. The van der Waals surface area contributed by atoms with Crippen LogP contribution in [0.5, 0.6) is 5.75 Å². The van der Waals surface area contributed by atoms with Crippen LogP contribution in [-0.4, -0.2) is 23.6 Å². The smallest absolute Gasteiger partial charge is 0.337 e. The van der Waals surface area contributed by atoms with E-state index >= 15 is 0 Å². The van der Waals surface area contributed by atoms with Crippen LogP contribution >= 0.6 is 39.1 Å². The van der Waals surface area contributed by atoms with Gasteiger partial charge in [-0.3, -0.25) is 4.79 Å². The average molecular weight is 433 g/mol. The van der Waals surface area contributed by atoms with Crippen molar-refractivity contribution in [2.75, 3.05) is 11.9 Å². The number of rotatable bonds is 5. The third-order valence-corrected chi connectivity index (χ3v) is 4.27. The van der Waals surface area contributed by atoms with Gasteiger partial charge in [0.1, 0.15) is 5.75 Å². The molecule has 0 radical (unpaired) electrons. The number of nitrogens with one attached hydrogen (secondary N) is 1. The van der Waals surface area contributed by atoms with Crippen molar-refractivity contribution < 1.29 is 19.4 Å². The maximum atomic E-state index is 12.3. The highest BCUT2D eigenvalue weighted by Gasteiger charge is 2.16. The second kappa shape index (κ2) is 7.88. The normalized spacial score (nSPS) is 10.3. The van der Waals surface area contributed by atoms with Crippen LogP contribution in [0.2, 0.25) is 10.0 Å². The molecule has 24 heavy (non-hydrogen) atoms. The van der Waals surface area contributed by atoms with Gasteiger partial charge < -0.3 is 15.2 Å². The fourth-order valence-corrected chi connectivity index (χ4v) is 2.92. The Morgan fingerprint density at radius 2 is 1.92 bits per heavy atom. The van der Waals surface area contributed by atoms with E-state index in [1.54, 1.807) is 18.2 Å². The number of halogens is 3. The summed E-state index contributed by atoms with van der Waals surface area (Å²) >= 11 is 15.2. The van der Waals surface area contributed by atoms with E-state index in [0.717, 1.165) is 0 Å². The molecular weight excluding hydrogens is 421 g/mol. The molecule has 0 heterocycles. The number of carbonyl (C=O) groups is 2. The number of hydrogen-bond acceptors (Lipinski definition) is 3. The first kappa shape index (κ1) is 18.6. The lowest BCUT2D eigenvalue weighted by Gasteiger charge is -2.11. The lowest BCUT2D eigenvalue weighted by atomic mass is 10.1. The number of carboxylic acid groups (broad SMARTS) is 1. The first-order valence-corrected chi connectivity index (χ1v) is 8.34. The maximum Gasteiger partial charge on any atom is 0.337 e. The molecule has 0 bridgehead atoms. The Morgan fingerprint density at radius 3 is 2.50 bits per heavy atom. The Morgan fingerprint density at radius 1 is 1.21 bits per heavy atom. The number of aromatic carboxylic acids is 1. The molecule has 2 aromatic carbocycles. The van der Waals surface area contributed by atoms with Crippen molar-refractivity contribution in [3.63, 3.8) is 0 Å². The summed E-state index contributed by atoms with van der Waals surface area (Å²) in [7, 11) is 0. The number of benzene rings is 2. The lowest BCUT2D eigenvalue weighted by Crippen LogP contribution is -2.13. The van der Waals surface area contributed by atoms with Crippen LogP contribution in [0.15, 0.2) is 34.8 Å². The number of carbonyl (C=O) groups excluding carboxylic acids is 1. The Bertz CT molecular complexity index is 811. The monoisotopic (exact) mass is 431 g/mol. The van der Waals surface area contributed by atoms with Crippen LogP contribution in [0.25, 0.3) is 0 Å². The number of carboxylic acids is 1. The minimum absolute atomic E-state index is 0.00527. The number of hydrogen-bond donors (Lipinski definition) is 2. The molecule has 5 nitrogen and oxygen atoms in total. The Labute approximate surface area is 156 Å². The van der Waals surface area contributed by atoms with Crippen molar-refractivity contribution in [3.8, 4) is 5.75 Å². The summed E-state index contributed by atoms with van der Waals surface area (Å²) < 4.78 is 6.01. The van der Waals surface area contributed by atoms with Crippen molar-refractivity contribution in [2.24, 2.45) is 0 Å². The zero-order valence-corrected chi connectivity index (χ0v) is 15.5. The highest BCUT2D eigenvalue weighted by atomic mass is 79.9.